The van der Waals surface area contributed by atoms with E-state index >= 15 is 0 Å². The minimum atomic E-state index is -2.86. The molecule has 5 heteroatoms. The van der Waals surface area contributed by atoms with Gasteiger partial charge in [-0.15, -0.1) is 0 Å². The van der Waals surface area contributed by atoms with Gasteiger partial charge in [0.1, 0.15) is 9.84 Å². The third kappa shape index (κ3) is 17.1. The van der Waals surface area contributed by atoms with Crippen molar-refractivity contribution < 1.29 is 18.3 Å². The predicted molar refractivity (Wildman–Crippen MR) is 107 cm³/mol. The second kappa shape index (κ2) is 12.3. The first-order chi connectivity index (χ1) is 11.5. The molecule has 0 rings (SSSR count). The molecule has 152 valence electrons. The van der Waals surface area contributed by atoms with E-state index in [2.05, 4.69) is 27.7 Å². The topological polar surface area (TPSA) is 63.6 Å². The number of unbranched alkanes of at least 4 members (excludes halogenated alkanes) is 2. The van der Waals surface area contributed by atoms with Gasteiger partial charge < -0.3 is 9.84 Å². The summed E-state index contributed by atoms with van der Waals surface area (Å²) >= 11 is 0. The molecule has 0 radical (unpaired) electrons. The fourth-order valence-corrected chi connectivity index (χ4v) is 3.91. The monoisotopic (exact) mass is 378 g/mol. The lowest BCUT2D eigenvalue weighted by atomic mass is 9.83. The summed E-state index contributed by atoms with van der Waals surface area (Å²) in [5.74, 6) is 0.283. The highest BCUT2D eigenvalue weighted by molar-refractivity contribution is 7.90. The zero-order valence-electron chi connectivity index (χ0n) is 17.3. The van der Waals surface area contributed by atoms with Gasteiger partial charge in [-0.2, -0.15) is 0 Å². The van der Waals surface area contributed by atoms with Gasteiger partial charge in [0, 0.05) is 26.1 Å². The molecule has 0 aliphatic heterocycles. The summed E-state index contributed by atoms with van der Waals surface area (Å²) in [6.45, 7) is 10.8. The van der Waals surface area contributed by atoms with Crippen LogP contribution >= 0.6 is 0 Å². The zero-order chi connectivity index (χ0) is 19.4. The summed E-state index contributed by atoms with van der Waals surface area (Å²) in [6.07, 6.45) is 10.7. The van der Waals surface area contributed by atoms with Crippen LogP contribution in [0.5, 0.6) is 0 Å². The number of hydrogen-bond acceptors (Lipinski definition) is 4. The van der Waals surface area contributed by atoms with E-state index in [9.17, 15) is 8.42 Å². The summed E-state index contributed by atoms with van der Waals surface area (Å²) in [7, 11) is -2.86. The van der Waals surface area contributed by atoms with Crippen molar-refractivity contribution in [3.63, 3.8) is 0 Å². The lowest BCUT2D eigenvalue weighted by Crippen LogP contribution is -2.17. The summed E-state index contributed by atoms with van der Waals surface area (Å²) in [5.41, 5.74) is 0.406. The Labute approximate surface area is 156 Å². The normalized spacial score (nSPS) is 13.4. The van der Waals surface area contributed by atoms with E-state index < -0.39 is 9.84 Å². The van der Waals surface area contributed by atoms with E-state index in [1.807, 2.05) is 0 Å². The van der Waals surface area contributed by atoms with Gasteiger partial charge in [-0.25, -0.2) is 8.42 Å². The van der Waals surface area contributed by atoms with E-state index in [1.54, 1.807) is 0 Å². The Morgan fingerprint density at radius 3 is 1.64 bits per heavy atom. The number of aliphatic hydroxyl groups is 1. The summed E-state index contributed by atoms with van der Waals surface area (Å²) in [4.78, 5) is 0. The van der Waals surface area contributed by atoms with Gasteiger partial charge in [0.15, 0.2) is 0 Å². The van der Waals surface area contributed by atoms with Crippen molar-refractivity contribution in [1.29, 1.82) is 0 Å². The smallest absolute Gasteiger partial charge is 0.147 e. The van der Waals surface area contributed by atoms with E-state index in [-0.39, 0.29) is 17.8 Å². The first kappa shape index (κ1) is 24.9. The molecule has 0 saturated heterocycles. The lowest BCUT2D eigenvalue weighted by Gasteiger charge is -2.24. The van der Waals surface area contributed by atoms with Crippen LogP contribution in [-0.4, -0.2) is 45.4 Å². The molecule has 1 N–H and O–H groups in total. The van der Waals surface area contributed by atoms with Crippen LogP contribution in [0, 0.1) is 10.8 Å². The first-order valence-electron chi connectivity index (χ1n) is 9.84. The van der Waals surface area contributed by atoms with E-state index in [4.69, 9.17) is 9.84 Å². The summed E-state index contributed by atoms with van der Waals surface area (Å²) in [6, 6.07) is 0. The van der Waals surface area contributed by atoms with Gasteiger partial charge in [-0.05, 0) is 55.8 Å². The molecule has 0 saturated carbocycles. The maximum absolute atomic E-state index is 11.3. The Balaban J connectivity index is 3.58. The molecule has 25 heavy (non-hydrogen) atoms. The number of aliphatic hydroxyl groups excluding tert-OH is 1. The van der Waals surface area contributed by atoms with E-state index in [0.29, 0.717) is 5.41 Å². The highest BCUT2D eigenvalue weighted by Gasteiger charge is 2.19. The number of rotatable bonds is 16. The third-order valence-electron chi connectivity index (χ3n) is 4.95. The van der Waals surface area contributed by atoms with Crippen LogP contribution in [0.1, 0.15) is 85.5 Å². The quantitative estimate of drug-likeness (QED) is 0.399. The van der Waals surface area contributed by atoms with Gasteiger partial charge in [0.05, 0.1) is 5.75 Å². The summed E-state index contributed by atoms with van der Waals surface area (Å²) < 4.78 is 28.2. The molecule has 0 aromatic heterocycles. The first-order valence-corrected chi connectivity index (χ1v) is 11.9. The van der Waals surface area contributed by atoms with Crippen LogP contribution in [0.3, 0.4) is 0 Å². The molecule has 4 nitrogen and oxygen atoms in total. The highest BCUT2D eigenvalue weighted by atomic mass is 32.2. The van der Waals surface area contributed by atoms with Crippen LogP contribution in [0.2, 0.25) is 0 Å². The molecule has 0 atom stereocenters. The lowest BCUT2D eigenvalue weighted by molar-refractivity contribution is 0.119. The second-order valence-corrected chi connectivity index (χ2v) is 11.3. The molecule has 0 aliphatic carbocycles. The largest absolute Gasteiger partial charge is 0.396 e. The maximum Gasteiger partial charge on any atom is 0.147 e. The van der Waals surface area contributed by atoms with Crippen LogP contribution in [0.4, 0.5) is 0 Å². The molecule has 0 aliphatic rings. The molecule has 0 fully saturated rings. The molecule has 0 aromatic carbocycles. The predicted octanol–water partition coefficient (Wildman–Crippen LogP) is 4.60. The molecule has 0 bridgehead atoms. The van der Waals surface area contributed by atoms with Crippen LogP contribution in [0.15, 0.2) is 0 Å². The Hall–Kier alpha value is -0.130. The van der Waals surface area contributed by atoms with Crippen LogP contribution in [0.25, 0.3) is 0 Å². The molecule has 0 aromatic rings. The molecule has 0 unspecified atom stereocenters. The standard InChI is InChI=1S/C20H42O4S/c1-19(2,13-10-15-21)11-6-8-16-24-17-9-7-12-20(3,4)14-18-25(5,22)23/h21H,6-18H2,1-5H3. The molecule has 0 heterocycles. The van der Waals surface area contributed by atoms with E-state index in [0.717, 1.165) is 58.2 Å². The second-order valence-electron chi connectivity index (χ2n) is 9.06. The Kier molecular flexibility index (Phi) is 12.2. The maximum atomic E-state index is 11.3. The Morgan fingerprint density at radius 2 is 1.20 bits per heavy atom. The fraction of sp³-hybridized carbons (Fsp3) is 1.00. The number of sulfone groups is 1. The van der Waals surface area contributed by atoms with Crippen molar-refractivity contribution in [3.8, 4) is 0 Å². The molecule has 0 spiro atoms. The van der Waals surface area contributed by atoms with Crippen LogP contribution in [-0.2, 0) is 14.6 Å². The van der Waals surface area contributed by atoms with Crippen molar-refractivity contribution in [1.82, 2.24) is 0 Å². The average Bonchev–Trinajstić information content (AvgIpc) is 2.49. The Bertz CT molecular complexity index is 427. The zero-order valence-corrected chi connectivity index (χ0v) is 18.1. The third-order valence-corrected chi connectivity index (χ3v) is 5.89. The van der Waals surface area contributed by atoms with Gasteiger partial charge in [0.2, 0.25) is 0 Å². The van der Waals surface area contributed by atoms with Crippen molar-refractivity contribution in [2.24, 2.45) is 10.8 Å². The van der Waals surface area contributed by atoms with Crippen molar-refractivity contribution in [3.05, 3.63) is 0 Å². The van der Waals surface area contributed by atoms with Gasteiger partial charge in [0.25, 0.3) is 0 Å². The van der Waals surface area contributed by atoms with Crippen molar-refractivity contribution in [2.45, 2.75) is 85.5 Å². The minimum Gasteiger partial charge on any atom is -0.396 e. The van der Waals surface area contributed by atoms with Gasteiger partial charge in [-0.1, -0.05) is 40.5 Å². The average molecular weight is 379 g/mol. The van der Waals surface area contributed by atoms with Crippen LogP contribution < -0.4 is 0 Å². The van der Waals surface area contributed by atoms with Gasteiger partial charge >= 0.3 is 0 Å². The SMILES string of the molecule is CC(C)(CCCO)CCCCOCCCCC(C)(C)CCS(C)(=O)=O. The number of hydrogen-bond donors (Lipinski definition) is 1. The fourth-order valence-electron chi connectivity index (χ4n) is 2.99. The number of ether oxygens (including phenoxy) is 1. The van der Waals surface area contributed by atoms with E-state index in [1.165, 1.54) is 19.1 Å². The van der Waals surface area contributed by atoms with Gasteiger partial charge in [-0.3, -0.25) is 0 Å². The molecular weight excluding hydrogens is 336 g/mol. The van der Waals surface area contributed by atoms with Crippen molar-refractivity contribution >= 4 is 9.84 Å². The summed E-state index contributed by atoms with van der Waals surface area (Å²) in [5, 5.41) is 8.91. The highest BCUT2D eigenvalue weighted by Crippen LogP contribution is 2.29. The Morgan fingerprint density at radius 1 is 0.760 bits per heavy atom. The molecular formula is C20H42O4S. The molecule has 0 amide bonds. The minimum absolute atomic E-state index is 0.0865. The van der Waals surface area contributed by atoms with Crippen molar-refractivity contribution in [2.75, 3.05) is 31.8 Å².